The van der Waals surface area contributed by atoms with Crippen LogP contribution in [0.5, 0.6) is 23.5 Å². The molecule has 1 aromatic heterocycles. The minimum absolute atomic E-state index is 0.0482. The van der Waals surface area contributed by atoms with E-state index in [1.165, 1.54) is 38.5 Å². The third-order valence-corrected chi connectivity index (χ3v) is 3.56. The minimum atomic E-state index is -4.71. The number of aliphatic hydroxyl groups is 1. The molecule has 0 aliphatic carbocycles. The number of aromatic nitrogens is 2. The lowest BCUT2D eigenvalue weighted by Crippen LogP contribution is -2.12. The van der Waals surface area contributed by atoms with Gasteiger partial charge in [-0.1, -0.05) is 18.2 Å². The van der Waals surface area contributed by atoms with Gasteiger partial charge in [0.1, 0.15) is 5.75 Å². The van der Waals surface area contributed by atoms with Crippen LogP contribution in [0.1, 0.15) is 11.0 Å². The first-order valence-corrected chi connectivity index (χ1v) is 7.73. The van der Waals surface area contributed by atoms with E-state index in [4.69, 9.17) is 18.8 Å². The minimum Gasteiger partial charge on any atom is -0.481 e. The van der Waals surface area contributed by atoms with Crippen molar-refractivity contribution in [1.82, 2.24) is 9.97 Å². The molecule has 0 bridgehead atoms. The second-order valence-corrected chi connectivity index (χ2v) is 5.72. The summed E-state index contributed by atoms with van der Waals surface area (Å²) in [6, 6.07) is 6.93. The molecule has 1 atom stereocenters. The number of rotatable bonds is 6. The number of hydrogen-bond acceptors (Lipinski definition) is 8. The van der Waals surface area contributed by atoms with E-state index in [1.807, 2.05) is 0 Å². The van der Waals surface area contributed by atoms with Crippen molar-refractivity contribution in [3.05, 3.63) is 35.9 Å². The van der Waals surface area contributed by atoms with Crippen molar-refractivity contribution in [2.24, 2.45) is 0 Å². The van der Waals surface area contributed by atoms with Gasteiger partial charge in [-0.15, -0.1) is 0 Å². The van der Waals surface area contributed by atoms with Crippen molar-refractivity contribution in [2.75, 3.05) is 14.2 Å². The largest absolute Gasteiger partial charge is 0.481 e. The zero-order valence-corrected chi connectivity index (χ0v) is 13.0. The van der Waals surface area contributed by atoms with Crippen LogP contribution in [-0.2, 0) is 10.1 Å². The van der Waals surface area contributed by atoms with Gasteiger partial charge in [0, 0.05) is 5.56 Å². The Bertz CT molecular complexity index is 772. The molecule has 124 valence electrons. The number of aliphatic hydroxyl groups excluding tert-OH is 1. The van der Waals surface area contributed by atoms with Gasteiger partial charge >= 0.3 is 6.01 Å². The summed E-state index contributed by atoms with van der Waals surface area (Å²) < 4.78 is 46.6. The van der Waals surface area contributed by atoms with Crippen LogP contribution in [0.2, 0.25) is 0 Å². The molecule has 0 aliphatic rings. The van der Waals surface area contributed by atoms with Gasteiger partial charge in [-0.3, -0.25) is 4.55 Å². The third-order valence-electron chi connectivity index (χ3n) is 2.75. The molecule has 1 aromatic carbocycles. The van der Waals surface area contributed by atoms with E-state index >= 15 is 0 Å². The van der Waals surface area contributed by atoms with Crippen LogP contribution in [0.15, 0.2) is 30.3 Å². The second kappa shape index (κ2) is 6.77. The second-order valence-electron chi connectivity index (χ2n) is 4.24. The highest BCUT2D eigenvalue weighted by Crippen LogP contribution is 2.31. The lowest BCUT2D eigenvalue weighted by Gasteiger charge is -2.13. The van der Waals surface area contributed by atoms with E-state index < -0.39 is 15.6 Å². The van der Waals surface area contributed by atoms with Crippen molar-refractivity contribution in [1.29, 1.82) is 0 Å². The first kappa shape index (κ1) is 16.9. The summed E-state index contributed by atoms with van der Waals surface area (Å²) in [6.07, 6.45) is 0. The van der Waals surface area contributed by atoms with E-state index in [9.17, 15) is 13.5 Å². The van der Waals surface area contributed by atoms with E-state index in [0.717, 1.165) is 0 Å². The molecule has 1 unspecified atom stereocenters. The summed E-state index contributed by atoms with van der Waals surface area (Å²) in [6.45, 7) is 0. The molecule has 0 saturated carbocycles. The Labute approximate surface area is 132 Å². The highest BCUT2D eigenvalue weighted by Gasteiger charge is 2.25. The summed E-state index contributed by atoms with van der Waals surface area (Å²) in [5.41, 5.74) is -2.33. The van der Waals surface area contributed by atoms with Crippen LogP contribution in [0.3, 0.4) is 0 Å². The highest BCUT2D eigenvalue weighted by molar-refractivity contribution is 7.85. The van der Waals surface area contributed by atoms with E-state index in [1.54, 1.807) is 6.07 Å². The highest BCUT2D eigenvalue weighted by atomic mass is 32.2. The molecule has 2 rings (SSSR count). The molecule has 10 heteroatoms. The monoisotopic (exact) mass is 342 g/mol. The van der Waals surface area contributed by atoms with Crippen molar-refractivity contribution in [2.45, 2.75) is 5.44 Å². The SMILES string of the molecule is COc1cc(OC)nc(Oc2ccccc2C(O)S(=O)(=O)O)n1. The molecule has 0 radical (unpaired) electrons. The van der Waals surface area contributed by atoms with Gasteiger partial charge in [0.2, 0.25) is 17.2 Å². The molecule has 0 aliphatic heterocycles. The fourth-order valence-electron chi connectivity index (χ4n) is 1.67. The summed E-state index contributed by atoms with van der Waals surface area (Å²) in [5.74, 6) is 0.284. The Morgan fingerprint density at radius 3 is 2.17 bits per heavy atom. The quantitative estimate of drug-likeness (QED) is 0.743. The Kier molecular flexibility index (Phi) is 4.98. The average molecular weight is 342 g/mol. The molecule has 0 spiro atoms. The number of ether oxygens (including phenoxy) is 3. The molecule has 0 fully saturated rings. The lowest BCUT2D eigenvalue weighted by molar-refractivity contribution is 0.233. The normalized spacial score (nSPS) is 12.5. The average Bonchev–Trinajstić information content (AvgIpc) is 2.53. The Balaban J connectivity index is 2.42. The van der Waals surface area contributed by atoms with E-state index in [-0.39, 0.29) is 29.1 Å². The summed E-state index contributed by atoms with van der Waals surface area (Å²) in [4.78, 5) is 7.86. The van der Waals surface area contributed by atoms with Crippen LogP contribution in [0.4, 0.5) is 0 Å². The van der Waals surface area contributed by atoms with Crippen LogP contribution in [0.25, 0.3) is 0 Å². The first-order valence-electron chi connectivity index (χ1n) is 6.23. The van der Waals surface area contributed by atoms with Crippen molar-refractivity contribution >= 4 is 10.1 Å². The van der Waals surface area contributed by atoms with Gasteiger partial charge < -0.3 is 19.3 Å². The molecule has 2 aromatic rings. The van der Waals surface area contributed by atoms with Crippen molar-refractivity contribution < 1.29 is 32.3 Å². The molecular formula is C13H14N2O7S. The zero-order chi connectivity index (χ0) is 17.0. The van der Waals surface area contributed by atoms with Crippen molar-refractivity contribution in [3.63, 3.8) is 0 Å². The van der Waals surface area contributed by atoms with E-state index in [0.29, 0.717) is 0 Å². The number of nitrogens with zero attached hydrogens (tertiary/aromatic N) is 2. The molecule has 2 N–H and O–H groups in total. The Morgan fingerprint density at radius 2 is 1.65 bits per heavy atom. The summed E-state index contributed by atoms with van der Waals surface area (Å²) in [7, 11) is -1.93. The first-order chi connectivity index (χ1) is 10.8. The fraction of sp³-hybridized carbons (Fsp3) is 0.231. The van der Waals surface area contributed by atoms with E-state index in [2.05, 4.69) is 9.97 Å². The molecular weight excluding hydrogens is 328 g/mol. The van der Waals surface area contributed by atoms with Crippen molar-refractivity contribution in [3.8, 4) is 23.5 Å². The number of methoxy groups -OCH3 is 2. The van der Waals surface area contributed by atoms with Crippen LogP contribution < -0.4 is 14.2 Å². The maximum atomic E-state index is 11.1. The summed E-state index contributed by atoms with van der Waals surface area (Å²) in [5, 5.41) is 9.71. The number of hydrogen-bond donors (Lipinski definition) is 2. The molecule has 9 nitrogen and oxygen atoms in total. The number of benzene rings is 1. The fourth-order valence-corrected chi connectivity index (χ4v) is 2.19. The number of para-hydroxylation sites is 1. The van der Waals surface area contributed by atoms with Crippen LogP contribution in [-0.4, -0.2) is 42.3 Å². The molecule has 1 heterocycles. The van der Waals surface area contributed by atoms with Gasteiger partial charge in [0.05, 0.1) is 20.3 Å². The topological polar surface area (TPSA) is 128 Å². The van der Waals surface area contributed by atoms with Gasteiger partial charge in [0.15, 0.2) is 0 Å². The standard InChI is InChI=1S/C13H14N2O7S/c1-20-10-7-11(21-2)15-13(14-10)22-9-6-4-3-5-8(9)12(16)23(17,18)19/h3-7,12,16H,1-2H3,(H,17,18,19). The predicted octanol–water partition coefficient (Wildman–Crippen LogP) is 1.16. The van der Waals surface area contributed by atoms with Crippen LogP contribution >= 0.6 is 0 Å². The molecule has 23 heavy (non-hydrogen) atoms. The molecule has 0 amide bonds. The van der Waals surface area contributed by atoms with Gasteiger partial charge in [0.25, 0.3) is 10.1 Å². The lowest BCUT2D eigenvalue weighted by atomic mass is 10.2. The smallest absolute Gasteiger partial charge is 0.328 e. The predicted molar refractivity (Wildman–Crippen MR) is 78.2 cm³/mol. The van der Waals surface area contributed by atoms with Gasteiger partial charge in [-0.05, 0) is 6.07 Å². The maximum Gasteiger partial charge on any atom is 0.328 e. The Morgan fingerprint density at radius 1 is 1.09 bits per heavy atom. The van der Waals surface area contributed by atoms with Gasteiger partial charge in [-0.2, -0.15) is 18.4 Å². The summed E-state index contributed by atoms with van der Waals surface area (Å²) >= 11 is 0. The van der Waals surface area contributed by atoms with Crippen LogP contribution in [0, 0.1) is 0 Å². The maximum absolute atomic E-state index is 11.1. The molecule has 0 saturated heterocycles. The van der Waals surface area contributed by atoms with Gasteiger partial charge in [-0.25, -0.2) is 0 Å². The zero-order valence-electron chi connectivity index (χ0n) is 12.2. The Hall–Kier alpha value is -2.43. The third kappa shape index (κ3) is 4.06.